The molecule has 0 aromatic carbocycles. The van der Waals surface area contributed by atoms with E-state index < -0.39 is 17.4 Å². The number of ketones is 2. The molecule has 0 aliphatic heterocycles. The largest absolute Gasteiger partial charge is 0.463 e. The summed E-state index contributed by atoms with van der Waals surface area (Å²) in [7, 11) is 0. The number of hydrogen-bond acceptors (Lipinski definition) is 6. The lowest BCUT2D eigenvalue weighted by Gasteiger charge is -2.29. The molecule has 0 bridgehead atoms. The summed E-state index contributed by atoms with van der Waals surface area (Å²) in [4.78, 5) is 47.0. The molecule has 6 heteroatoms. The molecule has 0 fully saturated rings. The molecular weight excluding hydrogens is 348 g/mol. The zero-order valence-electron chi connectivity index (χ0n) is 15.7. The van der Waals surface area contributed by atoms with E-state index in [1.165, 1.54) is 0 Å². The summed E-state index contributed by atoms with van der Waals surface area (Å²) in [5.74, 6) is -1.75. The van der Waals surface area contributed by atoms with Gasteiger partial charge in [-0.2, -0.15) is 0 Å². The summed E-state index contributed by atoms with van der Waals surface area (Å²) < 4.78 is 9.80. The van der Waals surface area contributed by atoms with Crippen molar-refractivity contribution in [2.24, 2.45) is 5.41 Å². The quantitative estimate of drug-likeness (QED) is 0.178. The second-order valence-electron chi connectivity index (χ2n) is 5.88. The van der Waals surface area contributed by atoms with E-state index in [0.717, 1.165) is 24.3 Å². The van der Waals surface area contributed by atoms with Gasteiger partial charge in [-0.1, -0.05) is 26.3 Å². The Bertz CT molecular complexity index is 535. The van der Waals surface area contributed by atoms with Crippen molar-refractivity contribution in [1.29, 1.82) is 0 Å². The van der Waals surface area contributed by atoms with E-state index >= 15 is 0 Å². The third-order valence-corrected chi connectivity index (χ3v) is 4.13. The van der Waals surface area contributed by atoms with Crippen LogP contribution in [0.5, 0.6) is 0 Å². The second kappa shape index (κ2) is 13.4. The third-order valence-electron chi connectivity index (χ3n) is 4.13. The third kappa shape index (κ3) is 8.44. The van der Waals surface area contributed by atoms with Crippen LogP contribution in [0.2, 0.25) is 0 Å². The van der Waals surface area contributed by atoms with Crippen molar-refractivity contribution in [1.82, 2.24) is 0 Å². The average Bonchev–Trinajstić information content (AvgIpc) is 2.69. The molecule has 0 amide bonds. The molecular formula is C21H28O6. The first-order valence-electron chi connectivity index (χ1n) is 8.80. The van der Waals surface area contributed by atoms with Gasteiger partial charge in [-0.15, -0.1) is 0 Å². The minimum Gasteiger partial charge on any atom is -0.463 e. The Balaban J connectivity index is 4.87. The molecule has 148 valence electrons. The number of ether oxygens (including phenoxy) is 2. The molecule has 0 rings (SSSR count). The smallest absolute Gasteiger partial charge is 0.330 e. The van der Waals surface area contributed by atoms with Gasteiger partial charge in [0.1, 0.15) is 0 Å². The van der Waals surface area contributed by atoms with Crippen LogP contribution in [0.3, 0.4) is 0 Å². The number of unbranched alkanes of at least 4 members (excludes halogenated alkanes) is 2. The summed E-state index contributed by atoms with van der Waals surface area (Å²) in [5.41, 5.74) is -1.24. The number of hydrogen-bond donors (Lipinski definition) is 0. The van der Waals surface area contributed by atoms with Crippen molar-refractivity contribution in [2.75, 3.05) is 13.2 Å². The number of allylic oxidation sites excluding steroid dienone is 2. The van der Waals surface area contributed by atoms with Gasteiger partial charge in [-0.05, 0) is 50.7 Å². The molecule has 6 nitrogen and oxygen atoms in total. The number of esters is 2. The maximum absolute atomic E-state index is 12.5. The van der Waals surface area contributed by atoms with Crippen molar-refractivity contribution >= 4 is 23.5 Å². The van der Waals surface area contributed by atoms with Crippen molar-refractivity contribution in [3.8, 4) is 0 Å². The molecule has 0 radical (unpaired) electrons. The van der Waals surface area contributed by atoms with Crippen LogP contribution in [0.1, 0.15) is 38.5 Å². The normalized spacial score (nSPS) is 10.4. The molecule has 0 aromatic heterocycles. The molecule has 0 N–H and O–H groups in total. The van der Waals surface area contributed by atoms with E-state index in [9.17, 15) is 19.2 Å². The molecule has 0 heterocycles. The summed E-state index contributed by atoms with van der Waals surface area (Å²) >= 11 is 0. The molecule has 0 saturated carbocycles. The molecule has 0 aromatic rings. The van der Waals surface area contributed by atoms with Crippen LogP contribution in [0.15, 0.2) is 50.6 Å². The SMILES string of the molecule is C=CC(=O)OCCCCC(CCCCOC(=O)C=C)(C(=O)C=C)C(=O)C=C. The second-order valence-corrected chi connectivity index (χ2v) is 5.88. The predicted octanol–water partition coefficient (Wildman–Crippen LogP) is 3.28. The molecule has 0 aliphatic carbocycles. The van der Waals surface area contributed by atoms with Crippen LogP contribution in [0.25, 0.3) is 0 Å². The molecule has 0 unspecified atom stereocenters. The fourth-order valence-electron chi connectivity index (χ4n) is 2.65. The van der Waals surface area contributed by atoms with E-state index in [1.807, 2.05) is 0 Å². The maximum Gasteiger partial charge on any atom is 0.330 e. The first-order valence-corrected chi connectivity index (χ1v) is 8.80. The van der Waals surface area contributed by atoms with Crippen LogP contribution in [-0.4, -0.2) is 36.7 Å². The van der Waals surface area contributed by atoms with E-state index in [1.54, 1.807) is 0 Å². The molecule has 0 saturated heterocycles. The number of carbonyl (C=O) groups is 4. The first kappa shape index (κ1) is 24.2. The fraction of sp³-hybridized carbons (Fsp3) is 0.429. The van der Waals surface area contributed by atoms with Crippen LogP contribution in [-0.2, 0) is 28.7 Å². The zero-order valence-corrected chi connectivity index (χ0v) is 15.7. The highest BCUT2D eigenvalue weighted by molar-refractivity contribution is 6.15. The Hall–Kier alpha value is -2.76. The lowest BCUT2D eigenvalue weighted by molar-refractivity contribution is -0.139. The van der Waals surface area contributed by atoms with Gasteiger partial charge in [-0.25, -0.2) is 9.59 Å². The highest BCUT2D eigenvalue weighted by atomic mass is 16.5. The van der Waals surface area contributed by atoms with Gasteiger partial charge in [0.2, 0.25) is 0 Å². The van der Waals surface area contributed by atoms with Gasteiger partial charge in [0, 0.05) is 12.2 Å². The first-order chi connectivity index (χ1) is 12.9. The van der Waals surface area contributed by atoms with Crippen LogP contribution >= 0.6 is 0 Å². The van der Waals surface area contributed by atoms with Gasteiger partial charge >= 0.3 is 11.9 Å². The molecule has 27 heavy (non-hydrogen) atoms. The standard InChI is InChI=1S/C21H28O6/c1-5-17(22)21(18(23)6-2,13-9-11-15-26-19(24)7-3)14-10-12-16-27-20(25)8-4/h5-8H,1-4,9-16H2. The molecule has 0 spiro atoms. The number of rotatable bonds is 16. The van der Waals surface area contributed by atoms with E-state index in [0.29, 0.717) is 38.5 Å². The summed E-state index contributed by atoms with van der Waals surface area (Å²) in [5, 5.41) is 0. The Morgan fingerprint density at radius 1 is 0.630 bits per heavy atom. The van der Waals surface area contributed by atoms with Gasteiger partial charge in [0.05, 0.1) is 18.6 Å². The Morgan fingerprint density at radius 3 is 1.30 bits per heavy atom. The Labute approximate surface area is 160 Å². The Morgan fingerprint density at radius 2 is 1.00 bits per heavy atom. The van der Waals surface area contributed by atoms with E-state index in [-0.39, 0.29) is 24.8 Å². The van der Waals surface area contributed by atoms with Crippen molar-refractivity contribution in [2.45, 2.75) is 38.5 Å². The van der Waals surface area contributed by atoms with Gasteiger partial charge in [0.25, 0.3) is 0 Å². The molecule has 0 aliphatic rings. The highest BCUT2D eigenvalue weighted by Crippen LogP contribution is 2.34. The maximum atomic E-state index is 12.5. The highest BCUT2D eigenvalue weighted by Gasteiger charge is 2.41. The van der Waals surface area contributed by atoms with Crippen molar-refractivity contribution < 1.29 is 28.7 Å². The van der Waals surface area contributed by atoms with Crippen LogP contribution in [0, 0.1) is 5.41 Å². The average molecular weight is 376 g/mol. The van der Waals surface area contributed by atoms with Gasteiger partial charge in [0.15, 0.2) is 11.6 Å². The minimum absolute atomic E-state index is 0.184. The summed E-state index contributed by atoms with van der Waals surface area (Å²) in [6, 6.07) is 0. The molecule has 0 atom stereocenters. The summed E-state index contributed by atoms with van der Waals surface area (Å²) in [6.45, 7) is 14.0. The van der Waals surface area contributed by atoms with Gasteiger partial charge < -0.3 is 9.47 Å². The topological polar surface area (TPSA) is 86.7 Å². The van der Waals surface area contributed by atoms with Gasteiger partial charge in [-0.3, -0.25) is 9.59 Å². The monoisotopic (exact) mass is 376 g/mol. The van der Waals surface area contributed by atoms with Crippen molar-refractivity contribution in [3.05, 3.63) is 50.6 Å². The Kier molecular flexibility index (Phi) is 12.1. The minimum atomic E-state index is -1.24. The fourth-order valence-corrected chi connectivity index (χ4v) is 2.65. The van der Waals surface area contributed by atoms with Crippen LogP contribution in [0.4, 0.5) is 0 Å². The van der Waals surface area contributed by atoms with Crippen molar-refractivity contribution in [3.63, 3.8) is 0 Å². The van der Waals surface area contributed by atoms with Crippen LogP contribution < -0.4 is 0 Å². The number of carbonyl (C=O) groups excluding carboxylic acids is 4. The zero-order chi connectivity index (χ0) is 20.7. The lowest BCUT2D eigenvalue weighted by Crippen LogP contribution is -2.37. The summed E-state index contributed by atoms with van der Waals surface area (Å²) in [6.07, 6.45) is 7.07. The lowest BCUT2D eigenvalue weighted by atomic mass is 9.71. The van der Waals surface area contributed by atoms with E-state index in [4.69, 9.17) is 9.47 Å². The predicted molar refractivity (Wildman–Crippen MR) is 103 cm³/mol. The van der Waals surface area contributed by atoms with E-state index in [2.05, 4.69) is 26.3 Å².